The van der Waals surface area contributed by atoms with Gasteiger partial charge in [0.2, 0.25) is 5.91 Å². The number of likely N-dealkylation sites (tertiary alicyclic amines) is 1. The van der Waals surface area contributed by atoms with E-state index in [1.165, 1.54) is 9.58 Å². The predicted octanol–water partition coefficient (Wildman–Crippen LogP) is 4.34. The molecule has 9 nitrogen and oxygen atoms in total. The van der Waals surface area contributed by atoms with Gasteiger partial charge >= 0.3 is 0 Å². The molecule has 0 unspecified atom stereocenters. The highest BCUT2D eigenvalue weighted by Crippen LogP contribution is 2.46. The molecule has 1 saturated heterocycles. The molecule has 226 valence electrons. The number of aliphatic hydroxyl groups is 2. The summed E-state index contributed by atoms with van der Waals surface area (Å²) in [6.45, 7) is 2.42. The fourth-order valence-corrected chi connectivity index (χ4v) is 6.48. The first-order valence-electron chi connectivity index (χ1n) is 14.7. The molecule has 3 atom stereocenters. The third-order valence-corrected chi connectivity index (χ3v) is 8.94. The minimum absolute atomic E-state index is 0.0636. The second-order valence-electron chi connectivity index (χ2n) is 11.4. The number of nitrogens with zero attached hydrogens (tertiary/aromatic N) is 4. The molecule has 2 aliphatic heterocycles. The van der Waals surface area contributed by atoms with Gasteiger partial charge in [-0.05, 0) is 54.8 Å². The van der Waals surface area contributed by atoms with Crippen molar-refractivity contribution >= 4 is 39.9 Å². The Morgan fingerprint density at radius 1 is 1.14 bits per heavy atom. The maximum absolute atomic E-state index is 14.0. The monoisotopic (exact) mass is 612 g/mol. The van der Waals surface area contributed by atoms with Crippen LogP contribution in [0.2, 0.25) is 5.02 Å². The molecule has 1 aromatic heterocycles. The average molecular weight is 613 g/mol. The summed E-state index contributed by atoms with van der Waals surface area (Å²) in [5.41, 5.74) is 0.0618. The zero-order valence-corrected chi connectivity index (χ0v) is 25.0. The minimum Gasteiger partial charge on any atom is -0.394 e. The van der Waals surface area contributed by atoms with Crippen LogP contribution in [0.15, 0.2) is 89.9 Å². The summed E-state index contributed by atoms with van der Waals surface area (Å²) in [5.74, 6) is -1.28. The van der Waals surface area contributed by atoms with Crippen molar-refractivity contribution in [2.75, 3.05) is 18.1 Å². The number of rotatable bonds is 8. The highest BCUT2D eigenvalue weighted by molar-refractivity contribution is 6.31. The van der Waals surface area contributed by atoms with E-state index in [2.05, 4.69) is 5.10 Å². The van der Waals surface area contributed by atoms with Crippen molar-refractivity contribution in [1.82, 2.24) is 14.7 Å². The van der Waals surface area contributed by atoms with Crippen molar-refractivity contribution in [3.8, 4) is 5.69 Å². The Labute approximate surface area is 259 Å². The van der Waals surface area contributed by atoms with E-state index in [4.69, 9.17) is 11.6 Å². The molecule has 2 aliphatic rings. The Bertz CT molecular complexity index is 1840. The van der Waals surface area contributed by atoms with Crippen molar-refractivity contribution in [3.05, 3.63) is 112 Å². The first kappa shape index (κ1) is 29.7. The van der Waals surface area contributed by atoms with Gasteiger partial charge in [-0.3, -0.25) is 14.4 Å². The zero-order chi connectivity index (χ0) is 31.0. The number of amides is 2. The van der Waals surface area contributed by atoms with Gasteiger partial charge in [0.25, 0.3) is 11.5 Å². The van der Waals surface area contributed by atoms with Gasteiger partial charge < -0.3 is 20.0 Å². The summed E-state index contributed by atoms with van der Waals surface area (Å²) in [7, 11) is 0. The molecule has 0 bridgehead atoms. The number of fused-ring (bicyclic) bond motifs is 2. The van der Waals surface area contributed by atoms with Crippen molar-refractivity contribution in [2.24, 2.45) is 5.92 Å². The molecule has 4 aromatic rings. The summed E-state index contributed by atoms with van der Waals surface area (Å²) in [6.07, 6.45) is 6.75. The van der Waals surface area contributed by atoms with Gasteiger partial charge in [0.15, 0.2) is 5.60 Å². The van der Waals surface area contributed by atoms with Gasteiger partial charge in [-0.15, -0.1) is 0 Å². The fraction of sp³-hybridized carbons (Fsp3) is 0.294. The molecule has 6 rings (SSSR count). The zero-order valence-electron chi connectivity index (χ0n) is 24.3. The molecular formula is C34H33ClN4O5. The van der Waals surface area contributed by atoms with Crippen LogP contribution in [-0.4, -0.2) is 55.9 Å². The number of carbonyl (C=O) groups is 2. The maximum Gasteiger partial charge on any atom is 0.279 e. The van der Waals surface area contributed by atoms with E-state index >= 15 is 0 Å². The van der Waals surface area contributed by atoms with Gasteiger partial charge in [0.05, 0.1) is 42.2 Å². The molecule has 3 aromatic carbocycles. The van der Waals surface area contributed by atoms with Crippen molar-refractivity contribution in [2.45, 2.75) is 44.4 Å². The van der Waals surface area contributed by atoms with E-state index in [1.807, 2.05) is 24.3 Å². The topological polar surface area (TPSA) is 116 Å². The van der Waals surface area contributed by atoms with E-state index in [0.29, 0.717) is 33.9 Å². The lowest BCUT2D eigenvalue weighted by molar-refractivity contribution is -0.139. The van der Waals surface area contributed by atoms with Crippen LogP contribution in [0.3, 0.4) is 0 Å². The molecule has 2 amide bonds. The fourth-order valence-electron chi connectivity index (χ4n) is 6.30. The van der Waals surface area contributed by atoms with Gasteiger partial charge in [0, 0.05) is 34.9 Å². The summed E-state index contributed by atoms with van der Waals surface area (Å²) >= 11 is 6.33. The lowest BCUT2D eigenvalue weighted by atomic mass is 9.83. The third-order valence-electron chi connectivity index (χ3n) is 8.71. The Morgan fingerprint density at radius 2 is 1.95 bits per heavy atom. The molecule has 2 N–H and O–H groups in total. The summed E-state index contributed by atoms with van der Waals surface area (Å²) in [4.78, 5) is 43.2. The van der Waals surface area contributed by atoms with Gasteiger partial charge in [-0.25, -0.2) is 0 Å². The largest absolute Gasteiger partial charge is 0.394 e. The van der Waals surface area contributed by atoms with E-state index in [-0.39, 0.29) is 37.1 Å². The highest BCUT2D eigenvalue weighted by Gasteiger charge is 2.52. The van der Waals surface area contributed by atoms with E-state index in [1.54, 1.807) is 72.6 Å². The van der Waals surface area contributed by atoms with Gasteiger partial charge in [0.1, 0.15) is 0 Å². The first-order valence-corrected chi connectivity index (χ1v) is 15.1. The number of aromatic nitrogens is 2. The van der Waals surface area contributed by atoms with Crippen LogP contribution >= 0.6 is 11.6 Å². The average Bonchev–Trinajstić information content (AvgIpc) is 3.59. The Balaban J connectivity index is 1.26. The standard InChI is InChI=1S/C34H33ClN4O5/c1-22(7-4-13-31(41)37-16-6-11-27(37)21-40)34(44)29-18-25(35)14-15-30(29)38(33(34)43)20-23-8-5-10-26(17-23)39-32(42)28-12-3-2-9-24(28)19-36-39/h2-5,7-10,12,14-15,17-19,22,27,40,44H,6,11,13,16,20-21H2,1H3/b7-4+/t22-,27+,34+/m1/s1. The van der Waals surface area contributed by atoms with Crippen molar-refractivity contribution < 1.29 is 19.8 Å². The second kappa shape index (κ2) is 12.0. The van der Waals surface area contributed by atoms with Crippen LogP contribution in [0.4, 0.5) is 5.69 Å². The number of hydrogen-bond donors (Lipinski definition) is 2. The Morgan fingerprint density at radius 3 is 2.77 bits per heavy atom. The lowest BCUT2D eigenvalue weighted by Crippen LogP contribution is -2.44. The SMILES string of the molecule is C[C@H](/C=C/CC(=O)N1CCC[C@H]1CO)[C@@]1(O)C(=O)N(Cc2cccc(-n3ncc4ccccc4c3=O)c2)c2ccc(Cl)cc21. The Kier molecular flexibility index (Phi) is 8.11. The highest BCUT2D eigenvalue weighted by atomic mass is 35.5. The molecule has 0 aliphatic carbocycles. The second-order valence-corrected chi connectivity index (χ2v) is 11.9. The van der Waals surface area contributed by atoms with Crippen LogP contribution in [0.5, 0.6) is 0 Å². The number of anilines is 1. The van der Waals surface area contributed by atoms with E-state index < -0.39 is 17.4 Å². The molecule has 0 radical (unpaired) electrons. The van der Waals surface area contributed by atoms with Crippen LogP contribution in [0.25, 0.3) is 16.5 Å². The molecule has 0 spiro atoms. The van der Waals surface area contributed by atoms with E-state index in [9.17, 15) is 24.6 Å². The first-order chi connectivity index (χ1) is 21.2. The molecule has 3 heterocycles. The summed E-state index contributed by atoms with van der Waals surface area (Å²) < 4.78 is 1.33. The van der Waals surface area contributed by atoms with Crippen LogP contribution in [-0.2, 0) is 21.7 Å². The van der Waals surface area contributed by atoms with Crippen molar-refractivity contribution in [1.29, 1.82) is 0 Å². The number of carbonyl (C=O) groups excluding carboxylic acids is 2. The number of halogens is 1. The maximum atomic E-state index is 14.0. The van der Waals surface area contributed by atoms with E-state index in [0.717, 1.165) is 23.8 Å². The normalized spacial score (nSPS) is 20.5. The number of aliphatic hydroxyl groups excluding tert-OH is 1. The van der Waals surface area contributed by atoms with Gasteiger partial charge in [-0.2, -0.15) is 9.78 Å². The van der Waals surface area contributed by atoms with Gasteiger partial charge in [-0.1, -0.05) is 61.0 Å². The lowest BCUT2D eigenvalue weighted by Gasteiger charge is -2.28. The Hall–Kier alpha value is -4.31. The van der Waals surface area contributed by atoms with Crippen LogP contribution < -0.4 is 10.5 Å². The number of hydrogen-bond acceptors (Lipinski definition) is 6. The molecule has 10 heteroatoms. The quantitative estimate of drug-likeness (QED) is 0.286. The van der Waals surface area contributed by atoms with Crippen LogP contribution in [0, 0.1) is 5.92 Å². The molecule has 44 heavy (non-hydrogen) atoms. The summed E-state index contributed by atoms with van der Waals surface area (Å²) in [6, 6.07) is 19.3. The molecule has 1 fully saturated rings. The summed E-state index contributed by atoms with van der Waals surface area (Å²) in [5, 5.41) is 27.6. The molecule has 0 saturated carbocycles. The third kappa shape index (κ3) is 5.21. The minimum atomic E-state index is -1.91. The van der Waals surface area contributed by atoms with Crippen LogP contribution in [0.1, 0.15) is 37.3 Å². The van der Waals surface area contributed by atoms with Crippen molar-refractivity contribution in [3.63, 3.8) is 0 Å². The molecular weight excluding hydrogens is 580 g/mol. The number of benzene rings is 3. The smallest absolute Gasteiger partial charge is 0.279 e. The predicted molar refractivity (Wildman–Crippen MR) is 169 cm³/mol.